The molecule has 216 valence electrons. The van der Waals surface area contributed by atoms with Gasteiger partial charge in [-0.25, -0.2) is 0 Å². The Bertz CT molecular complexity index is 1730. The SMILES string of the molecule is C1=CC2=C(CC1)CCc1c2ccc2cccc(Cc3cccc(CNC4CCCCC4)c3)c12.c1ccc2cnncc2c1. The molecule has 1 saturated carbocycles. The van der Waals surface area contributed by atoms with Crippen LogP contribution >= 0.6 is 0 Å². The fourth-order valence-electron chi connectivity index (χ4n) is 7.30. The predicted molar refractivity (Wildman–Crippen MR) is 180 cm³/mol. The van der Waals surface area contributed by atoms with Gasteiger partial charge in [-0.05, 0) is 89.1 Å². The summed E-state index contributed by atoms with van der Waals surface area (Å²) in [4.78, 5) is 0. The minimum atomic E-state index is 0.708. The molecule has 0 bridgehead atoms. The van der Waals surface area contributed by atoms with Gasteiger partial charge >= 0.3 is 0 Å². The monoisotopic (exact) mass is 563 g/mol. The van der Waals surface area contributed by atoms with E-state index in [1.165, 1.54) is 96.4 Å². The molecule has 1 aromatic heterocycles. The summed E-state index contributed by atoms with van der Waals surface area (Å²) in [5, 5.41) is 16.5. The smallest absolute Gasteiger partial charge is 0.0574 e. The van der Waals surface area contributed by atoms with Gasteiger partial charge in [-0.15, -0.1) is 0 Å². The number of hydrogen-bond donors (Lipinski definition) is 1. The zero-order valence-electron chi connectivity index (χ0n) is 25.1. The first-order valence-corrected chi connectivity index (χ1v) is 16.2. The van der Waals surface area contributed by atoms with E-state index in [4.69, 9.17) is 0 Å². The fourth-order valence-corrected chi connectivity index (χ4v) is 7.30. The van der Waals surface area contributed by atoms with Gasteiger partial charge in [-0.3, -0.25) is 0 Å². The highest BCUT2D eigenvalue weighted by Gasteiger charge is 2.22. The number of nitrogens with one attached hydrogen (secondary N) is 1. The Hall–Kier alpha value is -4.08. The predicted octanol–water partition coefficient (Wildman–Crippen LogP) is 9.53. The van der Waals surface area contributed by atoms with E-state index in [-0.39, 0.29) is 0 Å². The molecule has 0 amide bonds. The van der Waals surface area contributed by atoms with Crippen LogP contribution in [0.2, 0.25) is 0 Å². The van der Waals surface area contributed by atoms with Gasteiger partial charge in [0.2, 0.25) is 0 Å². The third-order valence-electron chi connectivity index (χ3n) is 9.53. The summed E-state index contributed by atoms with van der Waals surface area (Å²) < 4.78 is 0. The van der Waals surface area contributed by atoms with Crippen LogP contribution in [0.3, 0.4) is 0 Å². The normalized spacial score (nSPS) is 16.5. The molecule has 3 aliphatic rings. The Labute approximate surface area is 255 Å². The molecule has 1 heterocycles. The molecule has 4 aromatic carbocycles. The number of aryl methyl sites for hydroxylation is 1. The zero-order chi connectivity index (χ0) is 28.8. The molecule has 43 heavy (non-hydrogen) atoms. The van der Waals surface area contributed by atoms with E-state index in [1.54, 1.807) is 23.5 Å². The maximum absolute atomic E-state index is 3.81. The second-order valence-corrected chi connectivity index (χ2v) is 12.4. The van der Waals surface area contributed by atoms with E-state index in [9.17, 15) is 0 Å². The molecule has 3 nitrogen and oxygen atoms in total. The molecule has 1 fully saturated rings. The minimum absolute atomic E-state index is 0.708. The molecule has 0 atom stereocenters. The van der Waals surface area contributed by atoms with Gasteiger partial charge in [0.05, 0.1) is 12.4 Å². The first-order valence-electron chi connectivity index (χ1n) is 16.2. The summed E-state index contributed by atoms with van der Waals surface area (Å²) >= 11 is 0. The van der Waals surface area contributed by atoms with Crippen LogP contribution < -0.4 is 5.32 Å². The number of benzene rings is 4. The van der Waals surface area contributed by atoms with Crippen molar-refractivity contribution < 1.29 is 0 Å². The molecule has 3 heteroatoms. The Kier molecular flexibility index (Phi) is 8.42. The topological polar surface area (TPSA) is 37.8 Å². The highest BCUT2D eigenvalue weighted by molar-refractivity contribution is 5.96. The van der Waals surface area contributed by atoms with E-state index in [0.29, 0.717) is 6.04 Å². The maximum Gasteiger partial charge on any atom is 0.0574 e. The van der Waals surface area contributed by atoms with E-state index >= 15 is 0 Å². The first kappa shape index (κ1) is 27.7. The molecule has 0 saturated heterocycles. The molecule has 0 unspecified atom stereocenters. The summed E-state index contributed by atoms with van der Waals surface area (Å²) in [5.74, 6) is 0. The van der Waals surface area contributed by atoms with Crippen LogP contribution in [0.25, 0.3) is 27.1 Å². The molecular formula is C40H41N3. The van der Waals surface area contributed by atoms with Crippen LogP contribution in [-0.2, 0) is 19.4 Å². The number of allylic oxidation sites excluding steroid dienone is 4. The molecule has 8 rings (SSSR count). The van der Waals surface area contributed by atoms with E-state index < -0.39 is 0 Å². The lowest BCUT2D eigenvalue weighted by molar-refractivity contribution is 0.372. The van der Waals surface area contributed by atoms with Crippen LogP contribution in [-0.4, -0.2) is 16.2 Å². The van der Waals surface area contributed by atoms with Gasteiger partial charge < -0.3 is 5.32 Å². The molecule has 3 aliphatic carbocycles. The second-order valence-electron chi connectivity index (χ2n) is 12.4. The second kappa shape index (κ2) is 13.1. The van der Waals surface area contributed by atoms with E-state index in [0.717, 1.165) is 23.7 Å². The Morgan fingerprint density at radius 3 is 2.30 bits per heavy atom. The van der Waals surface area contributed by atoms with E-state index in [1.807, 2.05) is 24.3 Å². The van der Waals surface area contributed by atoms with E-state index in [2.05, 4.69) is 82.3 Å². The van der Waals surface area contributed by atoms with Crippen molar-refractivity contribution in [3.8, 4) is 0 Å². The third kappa shape index (κ3) is 6.33. The quantitative estimate of drug-likeness (QED) is 0.231. The third-order valence-corrected chi connectivity index (χ3v) is 9.53. The van der Waals surface area contributed by atoms with Gasteiger partial charge in [0.1, 0.15) is 0 Å². The maximum atomic E-state index is 3.81. The number of rotatable bonds is 5. The molecule has 1 N–H and O–H groups in total. The molecule has 0 aliphatic heterocycles. The lowest BCUT2D eigenvalue weighted by Gasteiger charge is -2.26. The van der Waals surface area contributed by atoms with Crippen LogP contribution in [0.15, 0.2) is 109 Å². The van der Waals surface area contributed by atoms with Gasteiger partial charge in [0.25, 0.3) is 0 Å². The molecule has 0 spiro atoms. The summed E-state index contributed by atoms with van der Waals surface area (Å²) in [6, 6.07) is 29.6. The van der Waals surface area contributed by atoms with Crippen molar-refractivity contribution in [2.75, 3.05) is 0 Å². The van der Waals surface area contributed by atoms with Crippen molar-refractivity contribution >= 4 is 27.1 Å². The number of aromatic nitrogens is 2. The summed E-state index contributed by atoms with van der Waals surface area (Å²) in [6.07, 6.45) is 21.0. The van der Waals surface area contributed by atoms with Gasteiger partial charge in [0, 0.05) is 23.4 Å². The summed E-state index contributed by atoms with van der Waals surface area (Å²) in [6.45, 7) is 0.993. The molecule has 0 radical (unpaired) electrons. The van der Waals surface area contributed by atoms with Gasteiger partial charge in [-0.2, -0.15) is 10.2 Å². The first-order chi connectivity index (χ1) is 21.3. The van der Waals surface area contributed by atoms with Crippen LogP contribution in [0.5, 0.6) is 0 Å². The van der Waals surface area contributed by atoms with Gasteiger partial charge in [0.15, 0.2) is 0 Å². The van der Waals surface area contributed by atoms with Crippen LogP contribution in [0.1, 0.15) is 79.2 Å². The van der Waals surface area contributed by atoms with Crippen molar-refractivity contribution in [1.82, 2.24) is 15.5 Å². The van der Waals surface area contributed by atoms with Crippen molar-refractivity contribution in [2.45, 2.75) is 76.8 Å². The average Bonchev–Trinajstić information content (AvgIpc) is 3.08. The molecule has 5 aromatic rings. The number of fused-ring (bicyclic) bond motifs is 5. The van der Waals surface area contributed by atoms with Gasteiger partial charge in [-0.1, -0.05) is 116 Å². The summed E-state index contributed by atoms with van der Waals surface area (Å²) in [5.41, 5.74) is 10.6. The lowest BCUT2D eigenvalue weighted by Crippen LogP contribution is -2.30. The molecular weight excluding hydrogens is 522 g/mol. The standard InChI is InChI=1S/C32H35N.C8H6N2/c1-2-13-28(14-3-1)33-22-24-9-6-8-23(20-24)21-27-12-7-11-26-17-18-30-29-15-5-4-10-25(29)16-19-31(30)32(26)27;1-2-4-8-6-10-9-5-7(8)3-1/h5-9,11-12,15,17-18,20,28,33H,1-4,10,13-14,16,19,21-22H2;1-6H. The Morgan fingerprint density at radius 1 is 0.698 bits per heavy atom. The highest BCUT2D eigenvalue weighted by atomic mass is 15.1. The van der Waals surface area contributed by atoms with Crippen LogP contribution in [0.4, 0.5) is 0 Å². The zero-order valence-corrected chi connectivity index (χ0v) is 25.1. The fraction of sp³-hybridized carbons (Fsp3) is 0.300. The Morgan fingerprint density at radius 2 is 1.47 bits per heavy atom. The average molecular weight is 564 g/mol. The van der Waals surface area contributed by atoms with Crippen LogP contribution in [0, 0.1) is 0 Å². The van der Waals surface area contributed by atoms with Crippen molar-refractivity contribution in [1.29, 1.82) is 0 Å². The summed E-state index contributed by atoms with van der Waals surface area (Å²) in [7, 11) is 0. The highest BCUT2D eigenvalue weighted by Crippen LogP contribution is 2.41. The number of nitrogens with zero attached hydrogens (tertiary/aromatic N) is 2. The minimum Gasteiger partial charge on any atom is -0.310 e. The largest absolute Gasteiger partial charge is 0.310 e. The van der Waals surface area contributed by atoms with Crippen molar-refractivity contribution in [3.05, 3.63) is 137 Å². The number of hydrogen-bond acceptors (Lipinski definition) is 3. The van der Waals surface area contributed by atoms with Crippen molar-refractivity contribution in [3.63, 3.8) is 0 Å². The lowest BCUT2D eigenvalue weighted by atomic mass is 9.78. The van der Waals surface area contributed by atoms with Crippen molar-refractivity contribution in [2.24, 2.45) is 0 Å². The Balaban J connectivity index is 0.000000253.